The normalized spacial score (nSPS) is 18.3. The highest BCUT2D eigenvalue weighted by atomic mass is 16.5. The molecule has 5 rings (SSSR count). The van der Waals surface area contributed by atoms with Crippen LogP contribution in [-0.4, -0.2) is 40.4 Å². The fourth-order valence-electron chi connectivity index (χ4n) is 4.37. The summed E-state index contributed by atoms with van der Waals surface area (Å²) >= 11 is 0. The third kappa shape index (κ3) is 4.21. The van der Waals surface area contributed by atoms with Gasteiger partial charge in [0.2, 0.25) is 0 Å². The van der Waals surface area contributed by atoms with Crippen molar-refractivity contribution in [3.05, 3.63) is 71.5 Å². The summed E-state index contributed by atoms with van der Waals surface area (Å²) in [6.45, 7) is 3.37. The van der Waals surface area contributed by atoms with Crippen LogP contribution in [0.1, 0.15) is 34.3 Å². The van der Waals surface area contributed by atoms with Crippen LogP contribution >= 0.6 is 0 Å². The summed E-state index contributed by atoms with van der Waals surface area (Å²) in [4.78, 5) is 15.1. The van der Waals surface area contributed by atoms with Gasteiger partial charge in [0.25, 0.3) is 5.91 Å². The average Bonchev–Trinajstić information content (AvgIpc) is 3.37. The average molecular weight is 418 g/mol. The van der Waals surface area contributed by atoms with Gasteiger partial charge in [0.1, 0.15) is 5.75 Å². The number of fused-ring (bicyclic) bond motifs is 1. The Balaban J connectivity index is 1.26. The van der Waals surface area contributed by atoms with E-state index in [1.807, 2.05) is 42.5 Å². The van der Waals surface area contributed by atoms with Crippen LogP contribution in [0.15, 0.2) is 54.9 Å². The van der Waals surface area contributed by atoms with E-state index in [1.165, 1.54) is 0 Å². The second kappa shape index (κ2) is 8.55. The second-order valence-electron chi connectivity index (χ2n) is 8.45. The number of hydrogen-bond acceptors (Lipinski definition) is 4. The quantitative estimate of drug-likeness (QED) is 0.607. The topological polar surface area (TPSA) is 56.6 Å². The third-order valence-corrected chi connectivity index (χ3v) is 6.07. The molecule has 2 aromatic carbocycles. The monoisotopic (exact) mass is 417 g/mol. The van der Waals surface area contributed by atoms with Gasteiger partial charge in [0, 0.05) is 44.4 Å². The third-order valence-electron chi connectivity index (χ3n) is 6.07. The highest BCUT2D eigenvalue weighted by molar-refractivity contribution is 6.01. The molecule has 6 nitrogen and oxygen atoms in total. The van der Waals surface area contributed by atoms with Crippen LogP contribution in [0.4, 0.5) is 0 Å². The number of carbonyl (C=O) groups is 1. The van der Waals surface area contributed by atoms with Crippen molar-refractivity contribution < 1.29 is 14.3 Å². The number of ether oxygens (including phenoxy) is 2. The number of benzene rings is 2. The Morgan fingerprint density at radius 3 is 2.77 bits per heavy atom. The van der Waals surface area contributed by atoms with E-state index in [1.54, 1.807) is 4.68 Å². The molecule has 1 aromatic heterocycles. The predicted molar refractivity (Wildman–Crippen MR) is 118 cm³/mol. The van der Waals surface area contributed by atoms with Crippen molar-refractivity contribution in [2.45, 2.75) is 25.9 Å². The number of aryl methyl sites for hydroxylation is 1. The van der Waals surface area contributed by atoms with Crippen molar-refractivity contribution in [1.82, 2.24) is 14.7 Å². The highest BCUT2D eigenvalue weighted by Crippen LogP contribution is 2.32. The summed E-state index contributed by atoms with van der Waals surface area (Å²) in [6.07, 6.45) is 6.05. The molecule has 0 bridgehead atoms. The minimum atomic E-state index is 0.0434. The molecule has 1 fully saturated rings. The van der Waals surface area contributed by atoms with E-state index in [0.717, 1.165) is 48.3 Å². The number of nitrogens with zero attached hydrogens (tertiary/aromatic N) is 3. The largest absolute Gasteiger partial charge is 0.492 e. The molecule has 1 unspecified atom stereocenters. The predicted octanol–water partition coefficient (Wildman–Crippen LogP) is 4.05. The van der Waals surface area contributed by atoms with Crippen molar-refractivity contribution in [3.63, 3.8) is 0 Å². The zero-order valence-corrected chi connectivity index (χ0v) is 17.8. The molecule has 160 valence electrons. The van der Waals surface area contributed by atoms with E-state index >= 15 is 0 Å². The molecule has 1 amide bonds. The molecular weight excluding hydrogens is 390 g/mol. The SMILES string of the molecule is Cn1cc(-c2ccc(CN3Cc4cccc(OCC5CCCOC5)c4C3=O)cc2)cn1. The summed E-state index contributed by atoms with van der Waals surface area (Å²) in [5.41, 5.74) is 5.07. The summed E-state index contributed by atoms with van der Waals surface area (Å²) < 4.78 is 13.4. The highest BCUT2D eigenvalue weighted by Gasteiger charge is 2.31. The fourth-order valence-corrected chi connectivity index (χ4v) is 4.37. The standard InChI is InChI=1S/C25H27N3O3/c1-27-14-22(12-26-27)20-9-7-18(8-10-20)13-28-15-21-5-2-6-23(24(21)25(28)29)31-17-19-4-3-11-30-16-19/h2,5-10,12,14,19H,3-4,11,13,15-17H2,1H3. The van der Waals surface area contributed by atoms with Crippen molar-refractivity contribution in [2.24, 2.45) is 13.0 Å². The first-order valence-corrected chi connectivity index (χ1v) is 10.9. The zero-order chi connectivity index (χ0) is 21.2. The Morgan fingerprint density at radius 2 is 2.03 bits per heavy atom. The van der Waals surface area contributed by atoms with Crippen molar-refractivity contribution in [2.75, 3.05) is 19.8 Å². The molecule has 0 N–H and O–H groups in total. The van der Waals surface area contributed by atoms with E-state index in [9.17, 15) is 4.79 Å². The van der Waals surface area contributed by atoms with Crippen LogP contribution in [0, 0.1) is 5.92 Å². The zero-order valence-electron chi connectivity index (χ0n) is 17.8. The van der Waals surface area contributed by atoms with Gasteiger partial charge in [0.15, 0.2) is 0 Å². The summed E-state index contributed by atoms with van der Waals surface area (Å²) in [5.74, 6) is 1.14. The minimum Gasteiger partial charge on any atom is -0.492 e. The second-order valence-corrected chi connectivity index (χ2v) is 8.45. The molecule has 1 atom stereocenters. The minimum absolute atomic E-state index is 0.0434. The lowest BCUT2D eigenvalue weighted by Crippen LogP contribution is -2.25. The maximum Gasteiger partial charge on any atom is 0.258 e. The van der Waals surface area contributed by atoms with Gasteiger partial charge in [-0.05, 0) is 35.6 Å². The molecule has 0 radical (unpaired) electrons. The first-order valence-electron chi connectivity index (χ1n) is 10.9. The molecule has 3 aromatic rings. The number of hydrogen-bond donors (Lipinski definition) is 0. The van der Waals surface area contributed by atoms with Crippen LogP contribution in [0.2, 0.25) is 0 Å². The number of amides is 1. The van der Waals surface area contributed by atoms with Crippen LogP contribution in [-0.2, 0) is 24.9 Å². The Labute approximate surface area is 182 Å². The molecule has 31 heavy (non-hydrogen) atoms. The van der Waals surface area contributed by atoms with Crippen LogP contribution in [0.3, 0.4) is 0 Å². The van der Waals surface area contributed by atoms with Crippen molar-refractivity contribution in [3.8, 4) is 16.9 Å². The molecular formula is C25H27N3O3. The molecule has 3 heterocycles. The van der Waals surface area contributed by atoms with Crippen molar-refractivity contribution >= 4 is 5.91 Å². The first kappa shape index (κ1) is 19.8. The van der Waals surface area contributed by atoms with Gasteiger partial charge in [-0.1, -0.05) is 36.4 Å². The van der Waals surface area contributed by atoms with E-state index in [2.05, 4.69) is 29.4 Å². The fraction of sp³-hybridized carbons (Fsp3) is 0.360. The van der Waals surface area contributed by atoms with Crippen LogP contribution in [0.25, 0.3) is 11.1 Å². The number of rotatable bonds is 6. The summed E-state index contributed by atoms with van der Waals surface area (Å²) in [6, 6.07) is 14.2. The Hall–Kier alpha value is -3.12. The maximum atomic E-state index is 13.2. The van der Waals surface area contributed by atoms with Crippen LogP contribution < -0.4 is 4.74 Å². The molecule has 0 aliphatic carbocycles. The lowest BCUT2D eigenvalue weighted by Gasteiger charge is -2.22. The molecule has 0 saturated carbocycles. The lowest BCUT2D eigenvalue weighted by atomic mass is 10.0. The van der Waals surface area contributed by atoms with Gasteiger partial charge in [-0.3, -0.25) is 9.48 Å². The molecule has 1 saturated heterocycles. The Morgan fingerprint density at radius 1 is 1.16 bits per heavy atom. The van der Waals surface area contributed by atoms with E-state index < -0.39 is 0 Å². The Bertz CT molecular complexity index is 1070. The van der Waals surface area contributed by atoms with Gasteiger partial charge >= 0.3 is 0 Å². The van der Waals surface area contributed by atoms with Gasteiger partial charge in [-0.25, -0.2) is 0 Å². The van der Waals surface area contributed by atoms with E-state index in [0.29, 0.717) is 36.9 Å². The van der Waals surface area contributed by atoms with Gasteiger partial charge in [-0.15, -0.1) is 0 Å². The van der Waals surface area contributed by atoms with Gasteiger partial charge in [0.05, 0.1) is 25.0 Å². The molecule has 6 heteroatoms. The van der Waals surface area contributed by atoms with Crippen molar-refractivity contribution in [1.29, 1.82) is 0 Å². The lowest BCUT2D eigenvalue weighted by molar-refractivity contribution is 0.0350. The molecule has 2 aliphatic heterocycles. The number of carbonyl (C=O) groups excluding carboxylic acids is 1. The number of aromatic nitrogens is 2. The Kier molecular flexibility index (Phi) is 5.47. The summed E-state index contributed by atoms with van der Waals surface area (Å²) in [5, 5.41) is 4.23. The molecule has 0 spiro atoms. The van der Waals surface area contributed by atoms with Gasteiger partial charge in [-0.2, -0.15) is 5.10 Å². The first-order chi connectivity index (χ1) is 15.2. The van der Waals surface area contributed by atoms with Crippen LogP contribution in [0.5, 0.6) is 5.75 Å². The van der Waals surface area contributed by atoms with E-state index in [-0.39, 0.29) is 5.91 Å². The maximum absolute atomic E-state index is 13.2. The summed E-state index contributed by atoms with van der Waals surface area (Å²) in [7, 11) is 1.91. The van der Waals surface area contributed by atoms with E-state index in [4.69, 9.17) is 9.47 Å². The van der Waals surface area contributed by atoms with Gasteiger partial charge < -0.3 is 14.4 Å². The molecule has 2 aliphatic rings. The smallest absolute Gasteiger partial charge is 0.258 e.